The van der Waals surface area contributed by atoms with Gasteiger partial charge in [0.2, 0.25) is 0 Å². The fourth-order valence-corrected chi connectivity index (χ4v) is 2.07. The Morgan fingerprint density at radius 2 is 2.10 bits per heavy atom. The molecule has 0 saturated carbocycles. The van der Waals surface area contributed by atoms with Gasteiger partial charge in [0.05, 0.1) is 6.33 Å². The molecule has 0 radical (unpaired) electrons. The first-order valence-electron chi connectivity index (χ1n) is 5.98. The quantitative estimate of drug-likeness (QED) is 0.715. The maximum atomic E-state index is 12.0. The number of amides is 1. The Labute approximate surface area is 112 Å². The molecule has 2 atom stereocenters. The van der Waals surface area contributed by atoms with Crippen molar-refractivity contribution in [3.05, 3.63) is 12.7 Å². The number of carboxylic acids is 1. The van der Waals surface area contributed by atoms with Crippen molar-refractivity contribution in [2.45, 2.75) is 25.0 Å². The Morgan fingerprint density at radius 3 is 2.85 bits per heavy atom. The van der Waals surface area contributed by atoms with Crippen LogP contribution in [0.1, 0.15) is 12.8 Å². The Balaban J connectivity index is 1.73. The number of imidazole rings is 1. The van der Waals surface area contributed by atoms with Crippen molar-refractivity contribution < 1.29 is 19.4 Å². The number of H-pyrrole nitrogens is 1. The van der Waals surface area contributed by atoms with Crippen molar-refractivity contribution in [1.82, 2.24) is 19.9 Å². The van der Waals surface area contributed by atoms with Gasteiger partial charge in [0.1, 0.15) is 17.9 Å². The van der Waals surface area contributed by atoms with Crippen LogP contribution in [-0.4, -0.2) is 49.1 Å². The second-order valence-electron chi connectivity index (χ2n) is 4.34. The second kappa shape index (κ2) is 4.85. The van der Waals surface area contributed by atoms with Crippen LogP contribution in [0.2, 0.25) is 0 Å². The fraction of sp³-hybridized carbons (Fsp3) is 0.364. The number of aromatic nitrogens is 4. The normalized spacial score (nSPS) is 22.0. The minimum atomic E-state index is -1.06. The van der Waals surface area contributed by atoms with Crippen LogP contribution in [0.3, 0.4) is 0 Å². The van der Waals surface area contributed by atoms with Gasteiger partial charge in [0, 0.05) is 0 Å². The number of hydrogen-bond donors (Lipinski definition) is 3. The molecule has 1 saturated heterocycles. The molecular weight excluding hydrogens is 266 g/mol. The zero-order chi connectivity index (χ0) is 14.1. The average molecular weight is 277 g/mol. The Hall–Kier alpha value is -2.55. The summed E-state index contributed by atoms with van der Waals surface area (Å²) in [5.41, 5.74) is 0.944. The Kier molecular flexibility index (Phi) is 3.03. The van der Waals surface area contributed by atoms with E-state index in [4.69, 9.17) is 9.84 Å². The summed E-state index contributed by atoms with van der Waals surface area (Å²) in [4.78, 5) is 37.5. The molecule has 0 aliphatic carbocycles. The molecule has 20 heavy (non-hydrogen) atoms. The molecule has 3 rings (SSSR count). The standard InChI is InChI=1S/C11H11N5O4/c17-10(5-1-2-6(20-5)11(18)19)16-9-7-8(13-3-12-7)14-4-15-9/h3-6H,1-2H2,(H,18,19)(H2,12,13,14,15,16,17)/t5-,6+/m0/s1. The first kappa shape index (κ1) is 12.5. The van der Waals surface area contributed by atoms with Crippen LogP contribution >= 0.6 is 0 Å². The summed E-state index contributed by atoms with van der Waals surface area (Å²) in [7, 11) is 0. The highest BCUT2D eigenvalue weighted by molar-refractivity contribution is 5.99. The molecule has 0 aromatic carbocycles. The molecule has 104 valence electrons. The molecule has 3 heterocycles. The summed E-state index contributed by atoms with van der Waals surface area (Å²) in [5, 5.41) is 11.4. The van der Waals surface area contributed by atoms with E-state index in [1.807, 2.05) is 0 Å². The minimum Gasteiger partial charge on any atom is -0.479 e. The van der Waals surface area contributed by atoms with Gasteiger partial charge in [-0.05, 0) is 12.8 Å². The van der Waals surface area contributed by atoms with Gasteiger partial charge >= 0.3 is 5.97 Å². The number of carboxylic acid groups (broad SMARTS) is 1. The zero-order valence-electron chi connectivity index (χ0n) is 10.2. The van der Waals surface area contributed by atoms with E-state index >= 15 is 0 Å². The number of fused-ring (bicyclic) bond motifs is 1. The lowest BCUT2D eigenvalue weighted by molar-refractivity contribution is -0.150. The predicted molar refractivity (Wildman–Crippen MR) is 65.8 cm³/mol. The lowest BCUT2D eigenvalue weighted by atomic mass is 10.2. The molecule has 2 aromatic rings. The highest BCUT2D eigenvalue weighted by Gasteiger charge is 2.35. The van der Waals surface area contributed by atoms with Gasteiger partial charge in [-0.3, -0.25) is 4.79 Å². The second-order valence-corrected chi connectivity index (χ2v) is 4.34. The van der Waals surface area contributed by atoms with Crippen molar-refractivity contribution in [2.24, 2.45) is 0 Å². The van der Waals surface area contributed by atoms with Gasteiger partial charge in [-0.15, -0.1) is 0 Å². The molecule has 9 heteroatoms. The first-order chi connectivity index (χ1) is 9.65. The smallest absolute Gasteiger partial charge is 0.332 e. The number of carbonyl (C=O) groups is 2. The number of ether oxygens (including phenoxy) is 1. The Morgan fingerprint density at radius 1 is 1.30 bits per heavy atom. The fourth-order valence-electron chi connectivity index (χ4n) is 2.07. The molecule has 3 N–H and O–H groups in total. The minimum absolute atomic E-state index is 0.292. The molecule has 9 nitrogen and oxygen atoms in total. The van der Waals surface area contributed by atoms with Crippen LogP contribution in [0.15, 0.2) is 12.7 Å². The summed E-state index contributed by atoms with van der Waals surface area (Å²) >= 11 is 0. The van der Waals surface area contributed by atoms with E-state index < -0.39 is 24.1 Å². The van der Waals surface area contributed by atoms with Crippen LogP contribution in [0.5, 0.6) is 0 Å². The summed E-state index contributed by atoms with van der Waals surface area (Å²) in [6, 6.07) is 0. The van der Waals surface area contributed by atoms with Crippen LogP contribution in [0.25, 0.3) is 11.2 Å². The monoisotopic (exact) mass is 277 g/mol. The van der Waals surface area contributed by atoms with E-state index in [-0.39, 0.29) is 0 Å². The van der Waals surface area contributed by atoms with E-state index in [0.29, 0.717) is 29.8 Å². The molecule has 1 fully saturated rings. The SMILES string of the molecule is O=C(Nc1ncnc2nc[nH]c12)[C@@H]1CC[C@H](C(=O)O)O1. The third kappa shape index (κ3) is 2.18. The molecular formula is C11H11N5O4. The van der Waals surface area contributed by atoms with Gasteiger partial charge in [-0.25, -0.2) is 19.7 Å². The van der Waals surface area contributed by atoms with Gasteiger partial charge < -0.3 is 20.1 Å². The lowest BCUT2D eigenvalue weighted by Crippen LogP contribution is -2.30. The van der Waals surface area contributed by atoms with Crippen LogP contribution in [-0.2, 0) is 14.3 Å². The number of anilines is 1. The number of carbonyl (C=O) groups excluding carboxylic acids is 1. The molecule has 2 aromatic heterocycles. The maximum absolute atomic E-state index is 12.0. The summed E-state index contributed by atoms with van der Waals surface area (Å²) in [6.07, 6.45) is 1.69. The largest absolute Gasteiger partial charge is 0.479 e. The Bertz CT molecular complexity index is 670. The number of aliphatic carboxylic acids is 1. The van der Waals surface area contributed by atoms with Crippen LogP contribution in [0.4, 0.5) is 5.82 Å². The predicted octanol–water partition coefficient (Wildman–Crippen LogP) is -0.0764. The van der Waals surface area contributed by atoms with Crippen molar-refractivity contribution in [2.75, 3.05) is 5.32 Å². The number of nitrogens with one attached hydrogen (secondary N) is 2. The van der Waals surface area contributed by atoms with Crippen molar-refractivity contribution in [3.63, 3.8) is 0 Å². The summed E-state index contributed by atoms with van der Waals surface area (Å²) in [5.74, 6) is -1.19. The molecule has 0 spiro atoms. The zero-order valence-corrected chi connectivity index (χ0v) is 10.2. The number of nitrogens with zero attached hydrogens (tertiary/aromatic N) is 3. The van der Waals surface area contributed by atoms with Gasteiger partial charge in [0.15, 0.2) is 17.6 Å². The number of aromatic amines is 1. The molecule has 1 aliphatic heterocycles. The molecule has 1 amide bonds. The van der Waals surface area contributed by atoms with Gasteiger partial charge in [-0.1, -0.05) is 0 Å². The molecule has 1 aliphatic rings. The van der Waals surface area contributed by atoms with Crippen molar-refractivity contribution in [3.8, 4) is 0 Å². The third-order valence-corrected chi connectivity index (χ3v) is 3.05. The van der Waals surface area contributed by atoms with E-state index in [1.165, 1.54) is 12.7 Å². The number of hydrogen-bond acceptors (Lipinski definition) is 6. The highest BCUT2D eigenvalue weighted by Crippen LogP contribution is 2.22. The lowest BCUT2D eigenvalue weighted by Gasteiger charge is -2.11. The van der Waals surface area contributed by atoms with E-state index in [2.05, 4.69) is 25.3 Å². The van der Waals surface area contributed by atoms with E-state index in [9.17, 15) is 9.59 Å². The van der Waals surface area contributed by atoms with Crippen molar-refractivity contribution in [1.29, 1.82) is 0 Å². The maximum Gasteiger partial charge on any atom is 0.332 e. The topological polar surface area (TPSA) is 130 Å². The van der Waals surface area contributed by atoms with Crippen molar-refractivity contribution >= 4 is 28.9 Å². The first-order valence-corrected chi connectivity index (χ1v) is 5.98. The van der Waals surface area contributed by atoms with Gasteiger partial charge in [0.25, 0.3) is 5.91 Å². The molecule has 0 unspecified atom stereocenters. The van der Waals surface area contributed by atoms with Crippen LogP contribution in [0, 0.1) is 0 Å². The summed E-state index contributed by atoms with van der Waals surface area (Å²) < 4.78 is 5.17. The average Bonchev–Trinajstić information content (AvgIpc) is 3.08. The number of rotatable bonds is 3. The van der Waals surface area contributed by atoms with Crippen LogP contribution < -0.4 is 5.32 Å². The van der Waals surface area contributed by atoms with E-state index in [0.717, 1.165) is 0 Å². The highest BCUT2D eigenvalue weighted by atomic mass is 16.5. The summed E-state index contributed by atoms with van der Waals surface area (Å²) in [6.45, 7) is 0. The third-order valence-electron chi connectivity index (χ3n) is 3.05. The van der Waals surface area contributed by atoms with Gasteiger partial charge in [-0.2, -0.15) is 0 Å². The van der Waals surface area contributed by atoms with E-state index in [1.54, 1.807) is 0 Å². The molecule has 0 bridgehead atoms.